The van der Waals surface area contributed by atoms with E-state index in [0.29, 0.717) is 55.0 Å². The summed E-state index contributed by atoms with van der Waals surface area (Å²) in [5.41, 5.74) is 1.66. The van der Waals surface area contributed by atoms with Crippen LogP contribution in [0.4, 0.5) is 0 Å². The molecule has 11 nitrogen and oxygen atoms in total. The molecule has 4 aromatic rings. The minimum absolute atomic E-state index is 0.0707. The average Bonchev–Trinajstić information content (AvgIpc) is 3.50. The van der Waals surface area contributed by atoms with Gasteiger partial charge in [0.15, 0.2) is 17.0 Å². The minimum atomic E-state index is -0.620. The van der Waals surface area contributed by atoms with Crippen molar-refractivity contribution in [3.63, 3.8) is 0 Å². The van der Waals surface area contributed by atoms with Gasteiger partial charge in [-0.1, -0.05) is 6.07 Å². The van der Waals surface area contributed by atoms with Gasteiger partial charge in [0.1, 0.15) is 17.4 Å². The van der Waals surface area contributed by atoms with Crippen molar-refractivity contribution < 1.29 is 23.7 Å². The number of benzene rings is 1. The highest BCUT2D eigenvalue weighted by molar-refractivity contribution is 5.96. The van der Waals surface area contributed by atoms with Gasteiger partial charge >= 0.3 is 0 Å². The molecule has 1 amide bonds. The minimum Gasteiger partial charge on any atom is -0.490 e. The fourth-order valence-corrected chi connectivity index (χ4v) is 5.13. The number of fused-ring (bicyclic) bond motifs is 2. The van der Waals surface area contributed by atoms with Gasteiger partial charge in [0.25, 0.3) is 11.5 Å². The molecule has 0 spiro atoms. The first-order valence-corrected chi connectivity index (χ1v) is 14.1. The number of carbonyl (C=O) groups excluding carboxylic acids is 1. The van der Waals surface area contributed by atoms with Crippen LogP contribution < -0.4 is 25.3 Å². The lowest BCUT2D eigenvalue weighted by molar-refractivity contribution is 0.0952. The summed E-state index contributed by atoms with van der Waals surface area (Å²) in [6.07, 6.45) is 3.14. The molecule has 1 aliphatic heterocycles. The number of rotatable bonds is 9. The molecule has 1 atom stereocenters. The summed E-state index contributed by atoms with van der Waals surface area (Å²) in [7, 11) is 0. The van der Waals surface area contributed by atoms with Gasteiger partial charge in [-0.25, -0.2) is 4.98 Å². The summed E-state index contributed by atoms with van der Waals surface area (Å²) in [6.45, 7) is 9.33. The van der Waals surface area contributed by atoms with Crippen LogP contribution in [0.25, 0.3) is 16.7 Å². The van der Waals surface area contributed by atoms with E-state index in [-0.39, 0.29) is 40.2 Å². The van der Waals surface area contributed by atoms with Crippen LogP contribution in [0.3, 0.4) is 0 Å². The van der Waals surface area contributed by atoms with E-state index in [0.717, 1.165) is 18.4 Å². The molecule has 0 saturated carbocycles. The first-order chi connectivity index (χ1) is 20.4. The van der Waals surface area contributed by atoms with Gasteiger partial charge in [-0.15, -0.1) is 0 Å². The van der Waals surface area contributed by atoms with Crippen LogP contribution in [0.5, 0.6) is 17.2 Å². The van der Waals surface area contributed by atoms with Crippen LogP contribution in [0, 0.1) is 18.3 Å². The zero-order chi connectivity index (χ0) is 29.8. The summed E-state index contributed by atoms with van der Waals surface area (Å²) in [5, 5.41) is 10.4. The summed E-state index contributed by atoms with van der Waals surface area (Å²) in [6, 6.07) is 10.3. The lowest BCUT2D eigenvalue weighted by atomic mass is 10.1. The van der Waals surface area contributed by atoms with E-state index >= 15 is 0 Å². The fourth-order valence-electron chi connectivity index (χ4n) is 5.13. The van der Waals surface area contributed by atoms with Crippen molar-refractivity contribution in [1.82, 2.24) is 14.0 Å². The van der Waals surface area contributed by atoms with E-state index in [1.807, 2.05) is 33.8 Å². The molecule has 1 saturated heterocycles. The van der Waals surface area contributed by atoms with Crippen molar-refractivity contribution >= 4 is 22.6 Å². The number of nitrogens with zero attached hydrogens (tertiary/aromatic N) is 5. The average molecular weight is 572 g/mol. The number of pyridine rings is 2. The Morgan fingerprint density at radius 2 is 1.83 bits per heavy atom. The second-order valence-electron chi connectivity index (χ2n) is 9.80. The standard InChI is InChI=1S/C31H33N5O6/c1-5-39-24-15-20(16-25(40-6-2)26(24)41-7-3)30(37)34-28-21(17-32)14-23-29(36(28)18-22-11-9-13-42-22)33-27-19(4)10-8-12-35(27)31(23)38/h8,10,12,14-16,22H,5-7,9,11,13,18H2,1-4H3/t22-/m1/s1. The second kappa shape index (κ2) is 12.4. The molecule has 1 aliphatic rings. The molecule has 1 aromatic carbocycles. The van der Waals surface area contributed by atoms with Gasteiger partial charge in [-0.05, 0) is 70.4 Å². The molecule has 42 heavy (non-hydrogen) atoms. The molecule has 3 aromatic heterocycles. The third kappa shape index (κ3) is 5.45. The predicted molar refractivity (Wildman–Crippen MR) is 155 cm³/mol. The van der Waals surface area contributed by atoms with Gasteiger partial charge in [0.2, 0.25) is 5.75 Å². The van der Waals surface area contributed by atoms with Crippen molar-refractivity contribution in [2.24, 2.45) is 4.99 Å². The Morgan fingerprint density at radius 3 is 2.45 bits per heavy atom. The Bertz CT molecular complexity index is 1800. The second-order valence-corrected chi connectivity index (χ2v) is 9.80. The molecular formula is C31H33N5O6. The molecule has 11 heteroatoms. The maximum Gasteiger partial charge on any atom is 0.279 e. The van der Waals surface area contributed by atoms with E-state index in [2.05, 4.69) is 11.1 Å². The molecule has 1 fully saturated rings. The molecule has 0 unspecified atom stereocenters. The predicted octanol–water partition coefficient (Wildman–Crippen LogP) is 3.95. The zero-order valence-corrected chi connectivity index (χ0v) is 24.2. The smallest absolute Gasteiger partial charge is 0.279 e. The summed E-state index contributed by atoms with van der Waals surface area (Å²) in [5.74, 6) is 0.491. The normalized spacial score (nSPS) is 15.2. The molecule has 0 radical (unpaired) electrons. The van der Waals surface area contributed by atoms with Crippen molar-refractivity contribution in [3.05, 3.63) is 69.1 Å². The molecule has 0 bridgehead atoms. The number of carbonyl (C=O) groups is 1. The lowest BCUT2D eigenvalue weighted by Crippen LogP contribution is -2.33. The molecule has 0 aliphatic carbocycles. The number of hydrogen-bond donors (Lipinski definition) is 0. The Hall–Kier alpha value is -4.69. The highest BCUT2D eigenvalue weighted by Crippen LogP contribution is 2.39. The van der Waals surface area contributed by atoms with Gasteiger partial charge < -0.3 is 23.5 Å². The largest absolute Gasteiger partial charge is 0.490 e. The van der Waals surface area contributed by atoms with Crippen LogP contribution in [0.2, 0.25) is 0 Å². The summed E-state index contributed by atoms with van der Waals surface area (Å²) < 4.78 is 26.3. The van der Waals surface area contributed by atoms with Crippen LogP contribution in [-0.2, 0) is 11.3 Å². The molecular weight excluding hydrogens is 538 g/mol. The topological polar surface area (TPSA) is 129 Å². The summed E-state index contributed by atoms with van der Waals surface area (Å²) >= 11 is 0. The van der Waals surface area contributed by atoms with Crippen LogP contribution in [-0.4, -0.2) is 52.4 Å². The van der Waals surface area contributed by atoms with Gasteiger partial charge in [0.05, 0.1) is 43.4 Å². The van der Waals surface area contributed by atoms with Gasteiger partial charge in [0, 0.05) is 18.4 Å². The summed E-state index contributed by atoms with van der Waals surface area (Å²) in [4.78, 5) is 36.6. The lowest BCUT2D eigenvalue weighted by Gasteiger charge is -2.18. The number of aryl methyl sites for hydroxylation is 1. The highest BCUT2D eigenvalue weighted by atomic mass is 16.5. The van der Waals surface area contributed by atoms with Gasteiger partial charge in [-0.2, -0.15) is 10.3 Å². The van der Waals surface area contributed by atoms with E-state index in [9.17, 15) is 14.9 Å². The Balaban J connectivity index is 1.78. The van der Waals surface area contributed by atoms with Crippen LogP contribution >= 0.6 is 0 Å². The number of amides is 1. The molecule has 218 valence electrons. The van der Waals surface area contributed by atoms with Crippen LogP contribution in [0.15, 0.2) is 46.3 Å². The van der Waals surface area contributed by atoms with E-state index in [1.54, 1.807) is 29.0 Å². The molecule has 5 rings (SSSR count). The molecule has 0 N–H and O–H groups in total. The number of ether oxygens (including phenoxy) is 4. The molecule has 4 heterocycles. The van der Waals surface area contributed by atoms with Crippen LogP contribution in [0.1, 0.15) is 55.1 Å². The van der Waals surface area contributed by atoms with E-state index in [1.165, 1.54) is 10.5 Å². The maximum absolute atomic E-state index is 13.8. The number of hydrogen-bond acceptors (Lipinski definition) is 8. The van der Waals surface area contributed by atoms with Crippen molar-refractivity contribution in [2.45, 2.75) is 53.2 Å². The Labute approximate surface area is 242 Å². The number of aromatic nitrogens is 3. The van der Waals surface area contributed by atoms with Crippen molar-refractivity contribution in [2.75, 3.05) is 26.4 Å². The zero-order valence-electron chi connectivity index (χ0n) is 24.2. The van der Waals surface area contributed by atoms with Gasteiger partial charge in [-0.3, -0.25) is 14.0 Å². The first-order valence-electron chi connectivity index (χ1n) is 14.1. The van der Waals surface area contributed by atoms with E-state index in [4.69, 9.17) is 23.9 Å². The third-order valence-electron chi connectivity index (χ3n) is 7.00. The third-order valence-corrected chi connectivity index (χ3v) is 7.00. The fraction of sp³-hybridized carbons (Fsp3) is 0.387. The highest BCUT2D eigenvalue weighted by Gasteiger charge is 2.23. The monoisotopic (exact) mass is 571 g/mol. The maximum atomic E-state index is 13.8. The Kier molecular flexibility index (Phi) is 8.54. The quantitative estimate of drug-likeness (QED) is 0.276. The van der Waals surface area contributed by atoms with Crippen molar-refractivity contribution in [1.29, 1.82) is 5.26 Å². The number of nitriles is 1. The SMILES string of the molecule is CCOc1cc(C(=O)N=c2c(C#N)cc3c(=O)n4cccc(C)c4nc3n2C[C@H]2CCCO2)cc(OCC)c1OCC. The first kappa shape index (κ1) is 28.8. The Morgan fingerprint density at radius 1 is 1.12 bits per heavy atom. The van der Waals surface area contributed by atoms with Crippen molar-refractivity contribution in [3.8, 4) is 23.3 Å². The van der Waals surface area contributed by atoms with E-state index < -0.39 is 5.91 Å².